The molecule has 1 fully saturated rings. The van der Waals surface area contributed by atoms with Gasteiger partial charge >= 0.3 is 0 Å². The van der Waals surface area contributed by atoms with Crippen LogP contribution in [0.15, 0.2) is 26.8 Å². The minimum Gasteiger partial charge on any atom is -0.550 e. The van der Waals surface area contributed by atoms with Gasteiger partial charge in [0.05, 0.1) is 11.5 Å². The predicted octanol–water partition coefficient (Wildman–Crippen LogP) is -0.350. The fourth-order valence-electron chi connectivity index (χ4n) is 1.40. The van der Waals surface area contributed by atoms with Crippen LogP contribution < -0.4 is 10.4 Å². The first-order chi connectivity index (χ1) is 9.04. The smallest absolute Gasteiger partial charge is 0.239 e. The number of rotatable bonds is 4. The molecule has 7 nitrogen and oxygen atoms in total. The van der Waals surface area contributed by atoms with Crippen LogP contribution in [-0.2, 0) is 9.59 Å². The number of nitrogens with zero attached hydrogens (tertiary/aromatic N) is 2. The first-order valence-electron chi connectivity index (χ1n) is 5.39. The van der Waals surface area contributed by atoms with E-state index in [1.165, 1.54) is 6.21 Å². The molecule has 1 aromatic heterocycles. The number of amides is 1. The van der Waals surface area contributed by atoms with Crippen LogP contribution in [0.2, 0.25) is 0 Å². The van der Waals surface area contributed by atoms with Gasteiger partial charge in [0, 0.05) is 12.4 Å². The fourth-order valence-corrected chi connectivity index (χ4v) is 2.31. The summed E-state index contributed by atoms with van der Waals surface area (Å²) in [5.74, 6) is -0.380. The highest BCUT2D eigenvalue weighted by Crippen LogP contribution is 2.21. The highest BCUT2D eigenvalue weighted by molar-refractivity contribution is 8.15. The van der Waals surface area contributed by atoms with Crippen LogP contribution in [0.5, 0.6) is 0 Å². The monoisotopic (exact) mass is 280 g/mol. The van der Waals surface area contributed by atoms with Crippen molar-refractivity contribution in [2.24, 2.45) is 10.2 Å². The summed E-state index contributed by atoms with van der Waals surface area (Å²) in [7, 11) is 0. The van der Waals surface area contributed by atoms with Crippen LogP contribution in [0, 0.1) is 6.92 Å². The zero-order chi connectivity index (χ0) is 13.8. The fraction of sp³-hybridized carbons (Fsp3) is 0.273. The van der Waals surface area contributed by atoms with Gasteiger partial charge in [0.1, 0.15) is 11.5 Å². The van der Waals surface area contributed by atoms with Crippen LogP contribution >= 0.6 is 11.8 Å². The van der Waals surface area contributed by atoms with Crippen molar-refractivity contribution in [3.63, 3.8) is 0 Å². The number of furan rings is 1. The standard InChI is InChI=1S/C11H11N3O4S/c1-6-2-3-7(18-6)5-12-14-11-13-10(17)8(19-11)4-9(15)16/h2-3,5,8H,4H2,1H3,(H,15,16)(H,13,14,17)/p-1/b12-5+/t8-/m0/s1. The van der Waals surface area contributed by atoms with Crippen LogP contribution in [-0.4, -0.2) is 28.5 Å². The Morgan fingerprint density at radius 1 is 1.63 bits per heavy atom. The molecule has 0 aliphatic carbocycles. The topological polar surface area (TPSA) is 107 Å². The Morgan fingerprint density at radius 2 is 2.42 bits per heavy atom. The number of hydrogen-bond acceptors (Lipinski definition) is 7. The Hall–Kier alpha value is -2.09. The molecule has 0 spiro atoms. The van der Waals surface area contributed by atoms with Crippen LogP contribution in [0.25, 0.3) is 0 Å². The lowest BCUT2D eigenvalue weighted by Gasteiger charge is -2.04. The molecule has 1 aliphatic rings. The Kier molecular flexibility index (Phi) is 4.00. The van der Waals surface area contributed by atoms with Gasteiger partial charge in [-0.1, -0.05) is 11.8 Å². The third-order valence-electron chi connectivity index (χ3n) is 2.22. The summed E-state index contributed by atoms with van der Waals surface area (Å²) in [6.07, 6.45) is 1.05. The summed E-state index contributed by atoms with van der Waals surface area (Å²) in [6, 6.07) is 3.52. The summed E-state index contributed by atoms with van der Waals surface area (Å²) < 4.78 is 5.24. The maximum atomic E-state index is 11.4. The van der Waals surface area contributed by atoms with Crippen LogP contribution in [0.1, 0.15) is 17.9 Å². The molecule has 8 heteroatoms. The maximum Gasteiger partial charge on any atom is 0.239 e. The van der Waals surface area contributed by atoms with E-state index in [-0.39, 0.29) is 11.6 Å². The number of aliphatic carboxylic acids is 1. The molecule has 1 saturated heterocycles. The van der Waals surface area contributed by atoms with Crippen molar-refractivity contribution in [3.8, 4) is 0 Å². The van der Waals surface area contributed by atoms with Gasteiger partial charge in [-0.3, -0.25) is 4.79 Å². The van der Waals surface area contributed by atoms with Crippen molar-refractivity contribution < 1.29 is 19.1 Å². The molecule has 1 amide bonds. The molecule has 2 heterocycles. The van der Waals surface area contributed by atoms with E-state index in [0.717, 1.165) is 17.5 Å². The van der Waals surface area contributed by atoms with Crippen molar-refractivity contribution in [1.29, 1.82) is 0 Å². The van der Waals surface area contributed by atoms with Crippen molar-refractivity contribution in [2.75, 3.05) is 0 Å². The highest BCUT2D eigenvalue weighted by Gasteiger charge is 2.30. The molecule has 100 valence electrons. The largest absolute Gasteiger partial charge is 0.550 e. The zero-order valence-corrected chi connectivity index (χ0v) is 10.8. The van der Waals surface area contributed by atoms with Gasteiger partial charge in [0.25, 0.3) is 0 Å². The average Bonchev–Trinajstić information content (AvgIpc) is 2.86. The van der Waals surface area contributed by atoms with Gasteiger partial charge in [-0.05, 0) is 19.1 Å². The Balaban J connectivity index is 1.96. The average molecular weight is 280 g/mol. The zero-order valence-electron chi connectivity index (χ0n) is 9.95. The number of nitrogens with one attached hydrogen (secondary N) is 1. The normalized spacial score (nSPS) is 21.2. The number of amidine groups is 1. The highest BCUT2D eigenvalue weighted by atomic mass is 32.2. The second kappa shape index (κ2) is 5.70. The molecule has 19 heavy (non-hydrogen) atoms. The van der Waals surface area contributed by atoms with Crippen LogP contribution in [0.3, 0.4) is 0 Å². The summed E-state index contributed by atoms with van der Waals surface area (Å²) in [4.78, 5) is 21.8. The molecule has 0 aromatic carbocycles. The van der Waals surface area contributed by atoms with Gasteiger partial charge in [0.15, 0.2) is 5.17 Å². The number of carboxylic acid groups (broad SMARTS) is 1. The number of thioether (sulfide) groups is 1. The Labute approximate surface area is 112 Å². The Morgan fingerprint density at radius 3 is 3.05 bits per heavy atom. The van der Waals surface area contributed by atoms with Gasteiger partial charge in [-0.15, -0.1) is 5.10 Å². The lowest BCUT2D eigenvalue weighted by Crippen LogP contribution is -2.31. The molecule has 1 N–H and O–H groups in total. The number of aryl methyl sites for hydroxylation is 1. The van der Waals surface area contributed by atoms with E-state index in [2.05, 4.69) is 15.5 Å². The van der Waals surface area contributed by atoms with Crippen molar-refractivity contribution in [2.45, 2.75) is 18.6 Å². The number of carbonyl (C=O) groups excluding carboxylic acids is 2. The number of carboxylic acids is 1. The summed E-state index contributed by atoms with van der Waals surface area (Å²) in [6.45, 7) is 1.81. The molecule has 0 bridgehead atoms. The molecule has 1 atom stereocenters. The second-order valence-corrected chi connectivity index (χ2v) is 4.96. The molecule has 2 rings (SSSR count). The number of hydrogen-bond donors (Lipinski definition) is 1. The molecular weight excluding hydrogens is 270 g/mol. The van der Waals surface area contributed by atoms with E-state index < -0.39 is 17.1 Å². The van der Waals surface area contributed by atoms with E-state index in [9.17, 15) is 14.7 Å². The molecular formula is C11H10N3O4S-. The van der Waals surface area contributed by atoms with Crippen molar-refractivity contribution in [3.05, 3.63) is 23.7 Å². The molecule has 1 aliphatic heterocycles. The minimum absolute atomic E-state index is 0.260. The summed E-state index contributed by atoms with van der Waals surface area (Å²) in [5, 5.41) is 19.9. The second-order valence-electron chi connectivity index (χ2n) is 3.77. The first-order valence-corrected chi connectivity index (χ1v) is 6.27. The van der Waals surface area contributed by atoms with E-state index in [1.807, 2.05) is 0 Å². The lowest BCUT2D eigenvalue weighted by atomic mass is 10.3. The summed E-state index contributed by atoms with van der Waals surface area (Å²) >= 11 is 1.01. The lowest BCUT2D eigenvalue weighted by molar-refractivity contribution is -0.305. The quantitative estimate of drug-likeness (QED) is 0.599. The van der Waals surface area contributed by atoms with Crippen LogP contribution in [0.4, 0.5) is 0 Å². The first kappa shape index (κ1) is 13.3. The van der Waals surface area contributed by atoms with Gasteiger partial charge < -0.3 is 19.6 Å². The molecule has 1 aromatic rings. The maximum absolute atomic E-state index is 11.4. The summed E-state index contributed by atoms with van der Waals surface area (Å²) in [5.41, 5.74) is 0. The van der Waals surface area contributed by atoms with Gasteiger partial charge in [-0.25, -0.2) is 0 Å². The minimum atomic E-state index is -1.27. The third kappa shape index (κ3) is 3.68. The van der Waals surface area contributed by atoms with E-state index in [0.29, 0.717) is 5.76 Å². The van der Waals surface area contributed by atoms with Gasteiger partial charge in [0.2, 0.25) is 5.91 Å². The van der Waals surface area contributed by atoms with E-state index in [4.69, 9.17) is 4.42 Å². The SMILES string of the molecule is Cc1ccc(/C=N/N=C2/NC(=O)[C@H](CC(=O)[O-])S2)o1. The van der Waals surface area contributed by atoms with Crippen molar-refractivity contribution >= 4 is 35.0 Å². The number of carbonyl (C=O) groups is 2. The van der Waals surface area contributed by atoms with Crippen molar-refractivity contribution in [1.82, 2.24) is 5.32 Å². The van der Waals surface area contributed by atoms with E-state index >= 15 is 0 Å². The third-order valence-corrected chi connectivity index (χ3v) is 3.30. The Bertz CT molecular complexity index is 564. The molecule has 0 saturated carbocycles. The van der Waals surface area contributed by atoms with Gasteiger partial charge in [-0.2, -0.15) is 5.10 Å². The molecule has 0 radical (unpaired) electrons. The van der Waals surface area contributed by atoms with E-state index in [1.54, 1.807) is 19.1 Å². The predicted molar refractivity (Wildman–Crippen MR) is 67.6 cm³/mol. The molecule has 0 unspecified atom stereocenters.